The zero-order valence-electron chi connectivity index (χ0n) is 13.8. The molecule has 0 bridgehead atoms. The van der Waals surface area contributed by atoms with Crippen molar-refractivity contribution in [2.24, 2.45) is 5.92 Å². The highest BCUT2D eigenvalue weighted by atomic mass is 16.2. The standard InChI is InChI=1S/C17H26N4O2/c1-18-7-11-21-15-6-10-20(12-14(15)4-5-16(21)22)17(23)13-19-8-2-3-9-19/h2-3,8-9,14-15,18H,4-7,10-13H2,1H3/t14-,15+/m0/s1. The summed E-state index contributed by atoms with van der Waals surface area (Å²) in [6.45, 7) is 3.55. The molecule has 126 valence electrons. The summed E-state index contributed by atoms with van der Waals surface area (Å²) in [6, 6.07) is 4.18. The zero-order chi connectivity index (χ0) is 16.2. The molecule has 3 heterocycles. The summed E-state index contributed by atoms with van der Waals surface area (Å²) in [6.07, 6.45) is 6.27. The maximum absolute atomic E-state index is 12.5. The normalized spacial score (nSPS) is 24.7. The van der Waals surface area contributed by atoms with Gasteiger partial charge in [0.2, 0.25) is 11.8 Å². The number of rotatable bonds is 5. The second-order valence-electron chi connectivity index (χ2n) is 6.54. The van der Waals surface area contributed by atoms with Gasteiger partial charge < -0.3 is 19.7 Å². The van der Waals surface area contributed by atoms with E-state index in [4.69, 9.17) is 0 Å². The molecule has 0 radical (unpaired) electrons. The average molecular weight is 318 g/mol. The number of likely N-dealkylation sites (N-methyl/N-ethyl adjacent to an activating group) is 1. The molecule has 2 aliphatic rings. The Kier molecular flexibility index (Phi) is 5.00. The van der Waals surface area contributed by atoms with Crippen molar-refractivity contribution in [3.05, 3.63) is 24.5 Å². The quantitative estimate of drug-likeness (QED) is 0.862. The highest BCUT2D eigenvalue weighted by molar-refractivity contribution is 5.78. The Hall–Kier alpha value is -1.82. The van der Waals surface area contributed by atoms with Crippen LogP contribution >= 0.6 is 0 Å². The lowest BCUT2D eigenvalue weighted by molar-refractivity contribution is -0.144. The number of nitrogens with one attached hydrogen (secondary N) is 1. The van der Waals surface area contributed by atoms with E-state index >= 15 is 0 Å². The number of piperidine rings is 2. The van der Waals surface area contributed by atoms with E-state index in [1.165, 1.54) is 0 Å². The van der Waals surface area contributed by atoms with E-state index in [0.717, 1.165) is 39.0 Å². The van der Waals surface area contributed by atoms with Gasteiger partial charge in [0.05, 0.1) is 0 Å². The molecule has 1 aromatic rings. The minimum Gasteiger partial charge on any atom is -0.345 e. The van der Waals surface area contributed by atoms with Gasteiger partial charge in [-0.15, -0.1) is 0 Å². The van der Waals surface area contributed by atoms with Crippen LogP contribution in [0.15, 0.2) is 24.5 Å². The molecule has 2 amide bonds. The number of nitrogens with zero attached hydrogens (tertiary/aromatic N) is 3. The third kappa shape index (κ3) is 3.58. The molecule has 0 saturated carbocycles. The van der Waals surface area contributed by atoms with Gasteiger partial charge in [0.1, 0.15) is 6.54 Å². The Balaban J connectivity index is 1.60. The lowest BCUT2D eigenvalue weighted by Crippen LogP contribution is -2.58. The summed E-state index contributed by atoms with van der Waals surface area (Å²) in [4.78, 5) is 28.7. The smallest absolute Gasteiger partial charge is 0.242 e. The van der Waals surface area contributed by atoms with E-state index < -0.39 is 0 Å². The van der Waals surface area contributed by atoms with Gasteiger partial charge in [0.15, 0.2) is 0 Å². The van der Waals surface area contributed by atoms with Crippen LogP contribution in [0.5, 0.6) is 0 Å². The monoisotopic (exact) mass is 318 g/mol. The van der Waals surface area contributed by atoms with Crippen LogP contribution in [0.4, 0.5) is 0 Å². The predicted molar refractivity (Wildman–Crippen MR) is 87.8 cm³/mol. The van der Waals surface area contributed by atoms with Crippen molar-refractivity contribution in [1.29, 1.82) is 0 Å². The Morgan fingerprint density at radius 2 is 2.09 bits per heavy atom. The number of amides is 2. The fraction of sp³-hybridized carbons (Fsp3) is 0.647. The fourth-order valence-electron chi connectivity index (χ4n) is 3.83. The van der Waals surface area contributed by atoms with Crippen LogP contribution < -0.4 is 5.32 Å². The van der Waals surface area contributed by atoms with Crippen LogP contribution in [0, 0.1) is 5.92 Å². The third-order valence-corrected chi connectivity index (χ3v) is 5.08. The molecule has 6 nitrogen and oxygen atoms in total. The highest BCUT2D eigenvalue weighted by Crippen LogP contribution is 2.31. The van der Waals surface area contributed by atoms with Crippen LogP contribution in [0.2, 0.25) is 0 Å². The van der Waals surface area contributed by atoms with E-state index in [9.17, 15) is 9.59 Å². The summed E-state index contributed by atoms with van der Waals surface area (Å²) in [5, 5.41) is 3.12. The first-order valence-corrected chi connectivity index (χ1v) is 8.51. The van der Waals surface area contributed by atoms with Crippen molar-refractivity contribution in [2.75, 3.05) is 33.2 Å². The lowest BCUT2D eigenvalue weighted by atomic mass is 9.83. The second kappa shape index (κ2) is 7.17. The fourth-order valence-corrected chi connectivity index (χ4v) is 3.83. The topological polar surface area (TPSA) is 57.6 Å². The number of carbonyl (C=O) groups excluding carboxylic acids is 2. The molecule has 0 unspecified atom stereocenters. The molecule has 3 rings (SSSR count). The Morgan fingerprint density at radius 1 is 1.30 bits per heavy atom. The molecule has 0 aliphatic carbocycles. The number of likely N-dealkylation sites (tertiary alicyclic amines) is 2. The summed E-state index contributed by atoms with van der Waals surface area (Å²) in [7, 11) is 1.91. The summed E-state index contributed by atoms with van der Waals surface area (Å²) < 4.78 is 1.91. The van der Waals surface area contributed by atoms with Crippen LogP contribution in [0.1, 0.15) is 19.3 Å². The van der Waals surface area contributed by atoms with E-state index in [2.05, 4.69) is 5.32 Å². The van der Waals surface area contributed by atoms with Crippen molar-refractivity contribution in [3.63, 3.8) is 0 Å². The minimum absolute atomic E-state index is 0.179. The Morgan fingerprint density at radius 3 is 2.83 bits per heavy atom. The molecule has 6 heteroatoms. The number of hydrogen-bond donors (Lipinski definition) is 1. The number of carbonyl (C=O) groups is 2. The summed E-state index contributed by atoms with van der Waals surface area (Å²) >= 11 is 0. The zero-order valence-corrected chi connectivity index (χ0v) is 13.8. The molecule has 0 aromatic carbocycles. The molecule has 2 atom stereocenters. The summed E-state index contributed by atoms with van der Waals surface area (Å²) in [5.74, 6) is 0.874. The third-order valence-electron chi connectivity index (χ3n) is 5.08. The molecule has 2 saturated heterocycles. The van der Waals surface area contributed by atoms with E-state index in [-0.39, 0.29) is 11.8 Å². The number of aromatic nitrogens is 1. The molecule has 23 heavy (non-hydrogen) atoms. The molecule has 1 aromatic heterocycles. The predicted octanol–water partition coefficient (Wildman–Crippen LogP) is 0.547. The van der Waals surface area contributed by atoms with E-state index in [1.807, 2.05) is 45.9 Å². The van der Waals surface area contributed by atoms with Crippen molar-refractivity contribution in [1.82, 2.24) is 19.7 Å². The maximum Gasteiger partial charge on any atom is 0.242 e. The Labute approximate surface area is 137 Å². The van der Waals surface area contributed by atoms with Crippen LogP contribution in [0.25, 0.3) is 0 Å². The van der Waals surface area contributed by atoms with Crippen LogP contribution in [-0.2, 0) is 16.1 Å². The van der Waals surface area contributed by atoms with E-state index in [0.29, 0.717) is 24.9 Å². The van der Waals surface area contributed by atoms with Crippen molar-refractivity contribution in [3.8, 4) is 0 Å². The van der Waals surface area contributed by atoms with Gasteiger partial charge in [0, 0.05) is 51.0 Å². The summed E-state index contributed by atoms with van der Waals surface area (Å²) in [5.41, 5.74) is 0. The van der Waals surface area contributed by atoms with Gasteiger partial charge in [-0.05, 0) is 37.9 Å². The van der Waals surface area contributed by atoms with Gasteiger partial charge in [0.25, 0.3) is 0 Å². The number of fused-ring (bicyclic) bond motifs is 1. The van der Waals surface area contributed by atoms with Gasteiger partial charge in [-0.2, -0.15) is 0 Å². The van der Waals surface area contributed by atoms with Crippen molar-refractivity contribution < 1.29 is 9.59 Å². The van der Waals surface area contributed by atoms with Crippen LogP contribution in [-0.4, -0.2) is 65.4 Å². The highest BCUT2D eigenvalue weighted by Gasteiger charge is 2.39. The second-order valence-corrected chi connectivity index (χ2v) is 6.54. The van der Waals surface area contributed by atoms with Gasteiger partial charge in [-0.25, -0.2) is 0 Å². The molecular formula is C17H26N4O2. The molecular weight excluding hydrogens is 292 g/mol. The SMILES string of the molecule is CNCCN1C(=O)CC[C@H]2CN(C(=O)Cn3cccc3)CC[C@H]21. The van der Waals surface area contributed by atoms with Gasteiger partial charge in [-0.3, -0.25) is 9.59 Å². The minimum atomic E-state index is 0.179. The van der Waals surface area contributed by atoms with Gasteiger partial charge >= 0.3 is 0 Å². The maximum atomic E-state index is 12.5. The molecule has 2 fully saturated rings. The van der Waals surface area contributed by atoms with Crippen molar-refractivity contribution in [2.45, 2.75) is 31.8 Å². The van der Waals surface area contributed by atoms with Gasteiger partial charge in [-0.1, -0.05) is 0 Å². The van der Waals surface area contributed by atoms with Crippen molar-refractivity contribution >= 4 is 11.8 Å². The average Bonchev–Trinajstić information content (AvgIpc) is 3.06. The Bertz CT molecular complexity index is 543. The first-order valence-electron chi connectivity index (χ1n) is 8.51. The number of hydrogen-bond acceptors (Lipinski definition) is 3. The first-order chi connectivity index (χ1) is 11.2. The van der Waals surface area contributed by atoms with Crippen LogP contribution in [0.3, 0.4) is 0 Å². The molecule has 1 N–H and O–H groups in total. The lowest BCUT2D eigenvalue weighted by Gasteiger charge is -2.47. The first kappa shape index (κ1) is 16.1. The molecule has 0 spiro atoms. The largest absolute Gasteiger partial charge is 0.345 e. The molecule has 2 aliphatic heterocycles. The van der Waals surface area contributed by atoms with E-state index in [1.54, 1.807) is 0 Å².